The maximum absolute atomic E-state index is 13.2. The second-order valence-electron chi connectivity index (χ2n) is 9.30. The number of likely N-dealkylation sites (tertiary alicyclic amines) is 1. The Bertz CT molecular complexity index is 1050. The van der Waals surface area contributed by atoms with Gasteiger partial charge in [-0.3, -0.25) is 4.79 Å². The zero-order valence-electron chi connectivity index (χ0n) is 20.1. The summed E-state index contributed by atoms with van der Waals surface area (Å²) in [5, 5.41) is 11.6. The minimum atomic E-state index is -4.99. The van der Waals surface area contributed by atoms with Crippen LogP contribution in [0.2, 0.25) is 0 Å². The topological polar surface area (TPSA) is 53.0 Å². The summed E-state index contributed by atoms with van der Waals surface area (Å²) in [7, 11) is 5.10. The minimum Gasteiger partial charge on any atom is -0.497 e. The zero-order valence-corrected chi connectivity index (χ0v) is 20.1. The predicted molar refractivity (Wildman–Crippen MR) is 120 cm³/mol. The van der Waals surface area contributed by atoms with Crippen LogP contribution in [-0.2, 0) is 29.2 Å². The van der Waals surface area contributed by atoms with Crippen molar-refractivity contribution in [1.29, 1.82) is 0 Å². The number of benzene rings is 2. The summed E-state index contributed by atoms with van der Waals surface area (Å²) < 4.78 is 84.4. The number of piperidine rings is 1. The lowest BCUT2D eigenvalue weighted by molar-refractivity contribution is -0.144. The van der Waals surface area contributed by atoms with Crippen LogP contribution in [0.5, 0.6) is 5.75 Å². The Hall–Kier alpha value is -2.79. The van der Waals surface area contributed by atoms with Crippen molar-refractivity contribution < 1.29 is 41.0 Å². The number of alkyl halides is 6. The quantitative estimate of drug-likeness (QED) is 0.570. The van der Waals surface area contributed by atoms with E-state index in [0.29, 0.717) is 30.0 Å². The van der Waals surface area contributed by atoms with E-state index in [1.54, 1.807) is 38.4 Å². The number of methoxy groups -OCH3 is 1. The van der Waals surface area contributed by atoms with Crippen molar-refractivity contribution in [1.82, 2.24) is 9.80 Å². The summed E-state index contributed by atoms with van der Waals surface area (Å²) in [5.74, 6) is -0.531. The van der Waals surface area contributed by atoms with E-state index in [-0.39, 0.29) is 31.1 Å². The molecule has 1 saturated heterocycles. The molecule has 1 fully saturated rings. The first-order valence-corrected chi connectivity index (χ1v) is 11.2. The number of halogens is 6. The van der Waals surface area contributed by atoms with Gasteiger partial charge in [0, 0.05) is 25.6 Å². The molecular formula is C25H28F6N2O3. The molecule has 5 nitrogen and oxygen atoms in total. The first-order chi connectivity index (χ1) is 16.6. The number of carbonyl (C=O) groups excluding carboxylic acids is 1. The summed E-state index contributed by atoms with van der Waals surface area (Å²) in [6, 6.07) is 8.11. The Morgan fingerprint density at radius 1 is 1.08 bits per heavy atom. The van der Waals surface area contributed by atoms with Gasteiger partial charge in [0.1, 0.15) is 5.75 Å². The van der Waals surface area contributed by atoms with Crippen LogP contribution in [0.15, 0.2) is 42.5 Å². The molecule has 1 heterocycles. The number of carbonyl (C=O) groups is 1. The van der Waals surface area contributed by atoms with Crippen LogP contribution < -0.4 is 4.74 Å². The Morgan fingerprint density at radius 3 is 2.22 bits per heavy atom. The van der Waals surface area contributed by atoms with Gasteiger partial charge >= 0.3 is 12.4 Å². The normalized spacial score (nSPS) is 21.1. The molecular weight excluding hydrogens is 490 g/mol. The second-order valence-corrected chi connectivity index (χ2v) is 9.30. The molecule has 1 aliphatic heterocycles. The smallest absolute Gasteiger partial charge is 0.416 e. The first kappa shape index (κ1) is 27.8. The monoisotopic (exact) mass is 518 g/mol. The summed E-state index contributed by atoms with van der Waals surface area (Å²) in [4.78, 5) is 16.2. The second kappa shape index (κ2) is 10.3. The number of amides is 1. The van der Waals surface area contributed by atoms with Gasteiger partial charge in [0.25, 0.3) is 0 Å². The molecule has 0 aromatic heterocycles. The third-order valence-electron chi connectivity index (χ3n) is 6.39. The molecule has 2 unspecified atom stereocenters. The Balaban J connectivity index is 1.86. The van der Waals surface area contributed by atoms with Crippen molar-refractivity contribution in [3.8, 4) is 5.75 Å². The Kier molecular flexibility index (Phi) is 7.95. The van der Waals surface area contributed by atoms with Crippen molar-refractivity contribution in [2.45, 2.75) is 30.8 Å². The maximum Gasteiger partial charge on any atom is 0.416 e. The van der Waals surface area contributed by atoms with Crippen molar-refractivity contribution in [3.05, 3.63) is 64.7 Å². The molecule has 1 amide bonds. The van der Waals surface area contributed by atoms with Crippen LogP contribution in [-0.4, -0.2) is 61.7 Å². The lowest BCUT2D eigenvalue weighted by atomic mass is 9.75. The molecule has 0 spiro atoms. The lowest BCUT2D eigenvalue weighted by Crippen LogP contribution is -2.54. The number of hydrogen-bond acceptors (Lipinski definition) is 4. The standard InChI is InChI=1S/C25H28F6N2O3/c1-32(2)14-20-15-33(8-7-23(20,35)17-5-4-6-21(13-17)36-3)22(34)11-16-9-18(24(26,27)28)12-19(10-16)25(29,30)31/h4-6,9-10,12-13,20,35H,7-8,11,14-15H2,1-3H3. The van der Waals surface area contributed by atoms with Gasteiger partial charge in [0.15, 0.2) is 0 Å². The highest BCUT2D eigenvalue weighted by molar-refractivity contribution is 5.79. The van der Waals surface area contributed by atoms with E-state index in [1.165, 1.54) is 12.0 Å². The van der Waals surface area contributed by atoms with Gasteiger partial charge in [-0.05, 0) is 62.0 Å². The van der Waals surface area contributed by atoms with Gasteiger partial charge in [-0.1, -0.05) is 12.1 Å². The van der Waals surface area contributed by atoms with E-state index < -0.39 is 47.3 Å². The number of rotatable bonds is 6. The van der Waals surface area contributed by atoms with E-state index in [9.17, 15) is 36.2 Å². The number of aliphatic hydroxyl groups is 1. The predicted octanol–water partition coefficient (Wildman–Crippen LogP) is 4.57. The largest absolute Gasteiger partial charge is 0.497 e. The van der Waals surface area contributed by atoms with Crippen LogP contribution in [0.1, 0.15) is 28.7 Å². The highest BCUT2D eigenvalue weighted by atomic mass is 19.4. The minimum absolute atomic E-state index is 0.0379. The average Bonchev–Trinajstić information content (AvgIpc) is 2.79. The third kappa shape index (κ3) is 6.31. The summed E-state index contributed by atoms with van der Waals surface area (Å²) in [6.45, 7) is 0.552. The Morgan fingerprint density at radius 2 is 1.69 bits per heavy atom. The molecule has 0 saturated carbocycles. The van der Waals surface area contributed by atoms with Crippen molar-refractivity contribution in [2.75, 3.05) is 40.8 Å². The molecule has 2 aromatic rings. The Labute approximate surface area is 205 Å². The van der Waals surface area contributed by atoms with Crippen molar-refractivity contribution in [2.24, 2.45) is 5.92 Å². The van der Waals surface area contributed by atoms with E-state index in [0.717, 1.165) is 0 Å². The van der Waals surface area contributed by atoms with Crippen LogP contribution in [0, 0.1) is 5.92 Å². The van der Waals surface area contributed by atoms with Gasteiger partial charge in [-0.25, -0.2) is 0 Å². The molecule has 11 heteroatoms. The molecule has 36 heavy (non-hydrogen) atoms. The lowest BCUT2D eigenvalue weighted by Gasteiger charge is -2.46. The molecule has 0 aliphatic carbocycles. The van der Waals surface area contributed by atoms with Crippen LogP contribution in [0.4, 0.5) is 26.3 Å². The number of nitrogens with zero attached hydrogens (tertiary/aromatic N) is 2. The van der Waals surface area contributed by atoms with Crippen LogP contribution in [0.25, 0.3) is 0 Å². The molecule has 0 bridgehead atoms. The summed E-state index contributed by atoms with van der Waals surface area (Å²) in [6.07, 6.45) is -10.5. The van der Waals surface area contributed by atoms with Crippen molar-refractivity contribution in [3.63, 3.8) is 0 Å². The SMILES string of the molecule is COc1cccc(C2(O)CCN(C(=O)Cc3cc(C(F)(F)F)cc(C(F)(F)F)c3)CC2CN(C)C)c1. The highest BCUT2D eigenvalue weighted by Gasteiger charge is 2.44. The maximum atomic E-state index is 13.2. The number of ether oxygens (including phenoxy) is 1. The van der Waals surface area contributed by atoms with Gasteiger partial charge < -0.3 is 19.6 Å². The van der Waals surface area contributed by atoms with E-state index >= 15 is 0 Å². The molecule has 1 N–H and O–H groups in total. The fourth-order valence-electron chi connectivity index (χ4n) is 4.57. The summed E-state index contributed by atoms with van der Waals surface area (Å²) in [5.41, 5.74) is -4.00. The van der Waals surface area contributed by atoms with E-state index in [4.69, 9.17) is 4.74 Å². The molecule has 198 valence electrons. The fraction of sp³-hybridized carbons (Fsp3) is 0.480. The van der Waals surface area contributed by atoms with Crippen LogP contribution in [0.3, 0.4) is 0 Å². The summed E-state index contributed by atoms with van der Waals surface area (Å²) >= 11 is 0. The van der Waals surface area contributed by atoms with Gasteiger partial charge in [0.05, 0.1) is 30.3 Å². The highest BCUT2D eigenvalue weighted by Crippen LogP contribution is 2.40. The third-order valence-corrected chi connectivity index (χ3v) is 6.39. The first-order valence-electron chi connectivity index (χ1n) is 11.2. The van der Waals surface area contributed by atoms with E-state index in [2.05, 4.69) is 0 Å². The molecule has 1 aliphatic rings. The van der Waals surface area contributed by atoms with Gasteiger partial charge in [-0.2, -0.15) is 26.3 Å². The number of hydrogen-bond donors (Lipinski definition) is 1. The fourth-order valence-corrected chi connectivity index (χ4v) is 4.57. The van der Waals surface area contributed by atoms with E-state index in [1.807, 2.05) is 4.90 Å². The van der Waals surface area contributed by atoms with Gasteiger partial charge in [-0.15, -0.1) is 0 Å². The molecule has 2 atom stereocenters. The molecule has 2 aromatic carbocycles. The van der Waals surface area contributed by atoms with Crippen molar-refractivity contribution >= 4 is 5.91 Å². The zero-order chi connectivity index (χ0) is 26.9. The average molecular weight is 518 g/mol. The molecule has 0 radical (unpaired) electrons. The van der Waals surface area contributed by atoms with Crippen LogP contribution >= 0.6 is 0 Å². The van der Waals surface area contributed by atoms with Gasteiger partial charge in [0.2, 0.25) is 5.91 Å². The molecule has 3 rings (SSSR count).